The van der Waals surface area contributed by atoms with E-state index in [1.807, 2.05) is 43.3 Å². The van der Waals surface area contributed by atoms with Crippen LogP contribution in [0, 0.1) is 5.92 Å². The minimum Gasteiger partial charge on any atom is -0.462 e. The maximum atomic E-state index is 13.2. The van der Waals surface area contributed by atoms with Gasteiger partial charge in [0.1, 0.15) is 5.00 Å². The zero-order chi connectivity index (χ0) is 23.9. The van der Waals surface area contributed by atoms with Crippen LogP contribution >= 0.6 is 11.3 Å². The van der Waals surface area contributed by atoms with Gasteiger partial charge in [0.15, 0.2) is 0 Å². The summed E-state index contributed by atoms with van der Waals surface area (Å²) in [6.45, 7) is 5.90. The molecule has 2 aromatic carbocycles. The molecule has 0 radical (unpaired) electrons. The number of thiophene rings is 1. The molecule has 4 rings (SSSR count). The predicted octanol–water partition coefficient (Wildman–Crippen LogP) is 5.69. The first-order chi connectivity index (χ1) is 16.5. The molecule has 0 spiro atoms. The molecule has 0 bridgehead atoms. The fourth-order valence-corrected chi connectivity index (χ4v) is 5.89. The van der Waals surface area contributed by atoms with Crippen molar-refractivity contribution in [1.29, 1.82) is 0 Å². The summed E-state index contributed by atoms with van der Waals surface area (Å²) in [5.41, 5.74) is 3.92. The Morgan fingerprint density at radius 3 is 2.24 bits per heavy atom. The molecule has 6 heteroatoms. The fourth-order valence-electron chi connectivity index (χ4n) is 4.48. The van der Waals surface area contributed by atoms with Crippen molar-refractivity contribution in [3.05, 3.63) is 87.8 Å². The first-order valence-corrected chi connectivity index (χ1v) is 12.8. The number of esters is 1. The van der Waals surface area contributed by atoms with Crippen LogP contribution in [-0.2, 0) is 35.5 Å². The molecule has 5 nitrogen and oxygen atoms in total. The van der Waals surface area contributed by atoms with Gasteiger partial charge in [-0.2, -0.15) is 0 Å². The van der Waals surface area contributed by atoms with E-state index in [1.54, 1.807) is 0 Å². The number of carbonyl (C=O) groups is 2. The molecule has 178 valence electrons. The van der Waals surface area contributed by atoms with E-state index in [0.717, 1.165) is 36.0 Å². The third-order valence-corrected chi connectivity index (χ3v) is 7.28. The average Bonchev–Trinajstić information content (AvgIpc) is 3.17. The summed E-state index contributed by atoms with van der Waals surface area (Å²) >= 11 is 1.53. The quantitative estimate of drug-likeness (QED) is 0.403. The second-order valence-electron chi connectivity index (χ2n) is 8.94. The van der Waals surface area contributed by atoms with Gasteiger partial charge in [-0.3, -0.25) is 9.69 Å². The Labute approximate surface area is 205 Å². The second-order valence-corrected chi connectivity index (χ2v) is 10.0. The average molecular weight is 477 g/mol. The first-order valence-electron chi connectivity index (χ1n) is 11.9. The molecule has 34 heavy (non-hydrogen) atoms. The minimum atomic E-state index is -0.338. The summed E-state index contributed by atoms with van der Waals surface area (Å²) in [6.07, 6.45) is 2.84. The minimum absolute atomic E-state index is 0.121. The maximum Gasteiger partial charge on any atom is 0.341 e. The lowest BCUT2D eigenvalue weighted by Crippen LogP contribution is -2.32. The molecule has 0 saturated carbocycles. The molecule has 1 atom stereocenters. The van der Waals surface area contributed by atoms with Gasteiger partial charge < -0.3 is 10.1 Å². The molecular weight excluding hydrogens is 444 g/mol. The molecule has 1 unspecified atom stereocenters. The summed E-state index contributed by atoms with van der Waals surface area (Å²) in [7, 11) is 0. The first kappa shape index (κ1) is 24.2. The Morgan fingerprint density at radius 2 is 1.65 bits per heavy atom. The van der Waals surface area contributed by atoms with Crippen LogP contribution in [0.1, 0.15) is 52.2 Å². The molecule has 1 heterocycles. The number of fused-ring (bicyclic) bond motifs is 1. The van der Waals surface area contributed by atoms with E-state index in [9.17, 15) is 9.59 Å². The van der Waals surface area contributed by atoms with E-state index in [2.05, 4.69) is 41.4 Å². The number of nitrogens with zero attached hydrogens (tertiary/aromatic N) is 1. The number of benzene rings is 2. The number of hydrogen-bond acceptors (Lipinski definition) is 5. The lowest BCUT2D eigenvalue weighted by molar-refractivity contribution is -0.117. The SMILES string of the molecule is CCOC(=O)c1c(NC(=O)CN(Cc2ccccc2)Cc2ccccc2)sc2c1CCC(C)C2. The standard InChI is InChI=1S/C28H32N2O3S/c1-3-33-28(32)26-23-15-14-20(2)16-24(23)34-27(26)29-25(31)19-30(17-21-10-6-4-7-11-21)18-22-12-8-5-9-13-22/h4-13,20H,3,14-19H2,1-2H3,(H,29,31). The topological polar surface area (TPSA) is 58.6 Å². The van der Waals surface area contributed by atoms with Crippen LogP contribution in [0.2, 0.25) is 0 Å². The van der Waals surface area contributed by atoms with Gasteiger partial charge in [0.05, 0.1) is 18.7 Å². The van der Waals surface area contributed by atoms with Crippen molar-refractivity contribution in [3.8, 4) is 0 Å². The smallest absolute Gasteiger partial charge is 0.341 e. The lowest BCUT2D eigenvalue weighted by Gasteiger charge is -2.22. The number of rotatable bonds is 9. The highest BCUT2D eigenvalue weighted by Gasteiger charge is 2.29. The van der Waals surface area contributed by atoms with Gasteiger partial charge in [-0.1, -0.05) is 67.6 Å². The Hall–Kier alpha value is -2.96. The normalized spacial score (nSPS) is 15.1. The summed E-state index contributed by atoms with van der Waals surface area (Å²) in [5, 5.41) is 3.69. The van der Waals surface area contributed by atoms with Crippen molar-refractivity contribution in [2.75, 3.05) is 18.5 Å². The van der Waals surface area contributed by atoms with Gasteiger partial charge >= 0.3 is 5.97 Å². The number of anilines is 1. The third kappa shape index (κ3) is 6.13. The summed E-state index contributed by atoms with van der Waals surface area (Å²) < 4.78 is 5.35. The Balaban J connectivity index is 1.53. The predicted molar refractivity (Wildman–Crippen MR) is 137 cm³/mol. The largest absolute Gasteiger partial charge is 0.462 e. The highest BCUT2D eigenvalue weighted by atomic mass is 32.1. The highest BCUT2D eigenvalue weighted by Crippen LogP contribution is 2.40. The number of nitrogens with one attached hydrogen (secondary N) is 1. The van der Waals surface area contributed by atoms with Crippen molar-refractivity contribution in [2.24, 2.45) is 5.92 Å². The molecule has 1 aliphatic rings. The summed E-state index contributed by atoms with van der Waals surface area (Å²) in [4.78, 5) is 29.3. The molecule has 1 aliphatic carbocycles. The Morgan fingerprint density at radius 1 is 1.03 bits per heavy atom. The van der Waals surface area contributed by atoms with Crippen LogP contribution in [0.15, 0.2) is 60.7 Å². The van der Waals surface area contributed by atoms with E-state index >= 15 is 0 Å². The third-order valence-electron chi connectivity index (χ3n) is 6.11. The second kappa shape index (κ2) is 11.4. The van der Waals surface area contributed by atoms with Gasteiger partial charge in [-0.05, 0) is 48.8 Å². The van der Waals surface area contributed by atoms with Crippen LogP contribution in [0.5, 0.6) is 0 Å². The number of ether oxygens (including phenoxy) is 1. The van der Waals surface area contributed by atoms with Crippen LogP contribution in [0.3, 0.4) is 0 Å². The number of carbonyl (C=O) groups excluding carboxylic acids is 2. The zero-order valence-corrected chi connectivity index (χ0v) is 20.7. The molecule has 0 saturated heterocycles. The van der Waals surface area contributed by atoms with Crippen LogP contribution in [-0.4, -0.2) is 29.9 Å². The van der Waals surface area contributed by atoms with Crippen molar-refractivity contribution in [1.82, 2.24) is 4.90 Å². The lowest BCUT2D eigenvalue weighted by atomic mass is 9.88. The molecule has 1 aromatic heterocycles. The zero-order valence-electron chi connectivity index (χ0n) is 19.9. The van der Waals surface area contributed by atoms with Crippen LogP contribution in [0.25, 0.3) is 0 Å². The van der Waals surface area contributed by atoms with Crippen molar-refractivity contribution in [3.63, 3.8) is 0 Å². The summed E-state index contributed by atoms with van der Waals surface area (Å²) in [6, 6.07) is 20.3. The van der Waals surface area contributed by atoms with Gasteiger partial charge in [-0.15, -0.1) is 11.3 Å². The molecule has 1 N–H and O–H groups in total. The van der Waals surface area contributed by atoms with Crippen LogP contribution < -0.4 is 5.32 Å². The van der Waals surface area contributed by atoms with Crippen molar-refractivity contribution >= 4 is 28.2 Å². The van der Waals surface area contributed by atoms with Crippen molar-refractivity contribution in [2.45, 2.75) is 46.2 Å². The van der Waals surface area contributed by atoms with E-state index in [0.29, 0.717) is 36.2 Å². The Bertz CT molecular complexity index is 1070. The number of hydrogen-bond donors (Lipinski definition) is 1. The van der Waals surface area contributed by atoms with Gasteiger partial charge in [-0.25, -0.2) is 4.79 Å². The number of amides is 1. The van der Waals surface area contributed by atoms with E-state index in [-0.39, 0.29) is 18.4 Å². The molecule has 0 aliphatic heterocycles. The highest BCUT2D eigenvalue weighted by molar-refractivity contribution is 7.17. The Kier molecular flexibility index (Phi) is 8.14. The molecule has 3 aromatic rings. The van der Waals surface area contributed by atoms with E-state index in [4.69, 9.17) is 4.74 Å². The van der Waals surface area contributed by atoms with Gasteiger partial charge in [0, 0.05) is 18.0 Å². The molecule has 0 fully saturated rings. The maximum absolute atomic E-state index is 13.2. The van der Waals surface area contributed by atoms with Crippen LogP contribution in [0.4, 0.5) is 5.00 Å². The molecule has 1 amide bonds. The van der Waals surface area contributed by atoms with E-state index < -0.39 is 0 Å². The summed E-state index contributed by atoms with van der Waals surface area (Å²) in [5.74, 6) is 0.122. The van der Waals surface area contributed by atoms with Crippen molar-refractivity contribution < 1.29 is 14.3 Å². The van der Waals surface area contributed by atoms with Gasteiger partial charge in [0.2, 0.25) is 5.91 Å². The van der Waals surface area contributed by atoms with E-state index in [1.165, 1.54) is 16.2 Å². The fraction of sp³-hybridized carbons (Fsp3) is 0.357. The molecular formula is C28H32N2O3S. The monoisotopic (exact) mass is 476 g/mol. The van der Waals surface area contributed by atoms with Gasteiger partial charge in [0.25, 0.3) is 0 Å².